The number of benzene rings is 1. The van der Waals surface area contributed by atoms with Crippen molar-refractivity contribution in [1.29, 1.82) is 0 Å². The van der Waals surface area contributed by atoms with Crippen molar-refractivity contribution < 1.29 is 4.79 Å². The molecule has 3 heterocycles. The molecule has 146 valence electrons. The monoisotopic (exact) mass is 387 g/mol. The number of carbonyl (C=O) groups excluding carboxylic acids is 1. The second-order valence-corrected chi connectivity index (χ2v) is 6.53. The molecule has 29 heavy (non-hydrogen) atoms. The van der Waals surface area contributed by atoms with Gasteiger partial charge in [0.05, 0.1) is 5.69 Å². The zero-order chi connectivity index (χ0) is 20.4. The van der Waals surface area contributed by atoms with Crippen LogP contribution in [0.2, 0.25) is 0 Å². The van der Waals surface area contributed by atoms with E-state index in [1.807, 2.05) is 47.9 Å². The first-order chi connectivity index (χ1) is 14.0. The minimum atomic E-state index is -0.120. The summed E-state index contributed by atoms with van der Waals surface area (Å²) in [5.74, 6) is 1.46. The first kappa shape index (κ1) is 18.4. The summed E-state index contributed by atoms with van der Waals surface area (Å²) >= 11 is 0. The van der Waals surface area contributed by atoms with Gasteiger partial charge in [-0.25, -0.2) is 15.0 Å². The van der Waals surface area contributed by atoms with E-state index in [4.69, 9.17) is 10.7 Å². The molecule has 0 saturated heterocycles. The second-order valence-electron chi connectivity index (χ2n) is 6.53. The summed E-state index contributed by atoms with van der Waals surface area (Å²) in [4.78, 5) is 25.6. The highest BCUT2D eigenvalue weighted by Gasteiger charge is 2.17. The van der Waals surface area contributed by atoms with Gasteiger partial charge in [-0.15, -0.1) is 0 Å². The van der Waals surface area contributed by atoms with Crippen molar-refractivity contribution in [3.63, 3.8) is 0 Å². The van der Waals surface area contributed by atoms with Crippen LogP contribution in [-0.2, 0) is 0 Å². The molecule has 0 spiro atoms. The zero-order valence-electron chi connectivity index (χ0n) is 16.2. The average Bonchev–Trinajstić information content (AvgIpc) is 3.05. The highest BCUT2D eigenvalue weighted by Crippen LogP contribution is 2.31. The summed E-state index contributed by atoms with van der Waals surface area (Å²) in [5, 5.41) is 6.13. The van der Waals surface area contributed by atoms with Gasteiger partial charge in [-0.2, -0.15) is 0 Å². The molecule has 0 bridgehead atoms. The minimum Gasteiger partial charge on any atom is -0.384 e. The summed E-state index contributed by atoms with van der Waals surface area (Å²) in [6.07, 6.45) is 1.92. The van der Waals surface area contributed by atoms with Gasteiger partial charge in [0.25, 0.3) is 5.91 Å². The van der Waals surface area contributed by atoms with Crippen molar-refractivity contribution in [1.82, 2.24) is 24.7 Å². The van der Waals surface area contributed by atoms with E-state index in [0.717, 1.165) is 17.0 Å². The van der Waals surface area contributed by atoms with Crippen molar-refractivity contribution >= 4 is 28.9 Å². The molecule has 1 aromatic carbocycles. The number of pyridine rings is 1. The summed E-state index contributed by atoms with van der Waals surface area (Å²) in [6.45, 7) is 4.26. The fourth-order valence-corrected chi connectivity index (χ4v) is 3.18. The predicted molar refractivity (Wildman–Crippen MR) is 113 cm³/mol. The van der Waals surface area contributed by atoms with Crippen LogP contribution >= 0.6 is 0 Å². The molecule has 0 saturated carbocycles. The highest BCUT2D eigenvalue weighted by molar-refractivity contribution is 5.95. The van der Waals surface area contributed by atoms with E-state index in [9.17, 15) is 4.79 Å². The van der Waals surface area contributed by atoms with E-state index in [1.54, 1.807) is 25.1 Å². The molecule has 0 aliphatic rings. The van der Waals surface area contributed by atoms with Crippen LogP contribution in [0.15, 0.2) is 54.7 Å². The lowest BCUT2D eigenvalue weighted by Gasteiger charge is -2.10. The smallest absolute Gasteiger partial charge is 0.251 e. The molecule has 0 fully saturated rings. The molecule has 4 N–H and O–H groups in total. The normalized spacial score (nSPS) is 10.8. The molecule has 8 heteroatoms. The fourth-order valence-electron chi connectivity index (χ4n) is 3.18. The Bertz CT molecular complexity index is 1180. The number of amides is 1. The fraction of sp³-hybridized carbons (Fsp3) is 0.143. The van der Waals surface area contributed by atoms with Gasteiger partial charge in [0.15, 0.2) is 5.82 Å². The number of carbonyl (C=O) groups is 1. The quantitative estimate of drug-likeness (QED) is 0.485. The maximum atomic E-state index is 12.2. The lowest BCUT2D eigenvalue weighted by Crippen LogP contribution is -2.22. The number of nitrogen functional groups attached to an aromatic ring is 1. The third kappa shape index (κ3) is 3.73. The van der Waals surface area contributed by atoms with Gasteiger partial charge in [-0.1, -0.05) is 12.1 Å². The molecule has 0 atom stereocenters. The van der Waals surface area contributed by atoms with Gasteiger partial charge in [0.1, 0.15) is 23.0 Å². The van der Waals surface area contributed by atoms with Crippen LogP contribution in [0.5, 0.6) is 0 Å². The van der Waals surface area contributed by atoms with Gasteiger partial charge >= 0.3 is 0 Å². The zero-order valence-corrected chi connectivity index (χ0v) is 16.2. The van der Waals surface area contributed by atoms with Crippen LogP contribution in [0.4, 0.5) is 17.3 Å². The number of fused-ring (bicyclic) bond motifs is 1. The Kier molecular flexibility index (Phi) is 4.82. The van der Waals surface area contributed by atoms with Crippen molar-refractivity contribution in [3.8, 4) is 11.4 Å². The Balaban J connectivity index is 1.81. The number of aryl methyl sites for hydroxylation is 1. The van der Waals surface area contributed by atoms with E-state index >= 15 is 0 Å². The molecule has 0 aliphatic carbocycles. The molecular weight excluding hydrogens is 366 g/mol. The molecular formula is C21H21N7O. The van der Waals surface area contributed by atoms with E-state index in [0.29, 0.717) is 35.3 Å². The van der Waals surface area contributed by atoms with Gasteiger partial charge in [0, 0.05) is 30.1 Å². The molecule has 0 aliphatic heterocycles. The van der Waals surface area contributed by atoms with Crippen molar-refractivity contribution in [3.05, 3.63) is 66.1 Å². The van der Waals surface area contributed by atoms with Gasteiger partial charge in [-0.3, -0.25) is 9.20 Å². The van der Waals surface area contributed by atoms with E-state index in [1.165, 1.54) is 0 Å². The molecule has 0 unspecified atom stereocenters. The minimum absolute atomic E-state index is 0.120. The van der Waals surface area contributed by atoms with E-state index in [2.05, 4.69) is 20.6 Å². The predicted octanol–water partition coefficient (Wildman–Crippen LogP) is 3.18. The third-order valence-electron chi connectivity index (χ3n) is 4.36. The van der Waals surface area contributed by atoms with Crippen LogP contribution in [-0.4, -0.2) is 31.8 Å². The lowest BCUT2D eigenvalue weighted by atomic mass is 10.2. The number of hydrogen-bond donors (Lipinski definition) is 3. The van der Waals surface area contributed by atoms with Crippen LogP contribution < -0.4 is 16.4 Å². The summed E-state index contributed by atoms with van der Waals surface area (Å²) in [6, 6.07) is 14.8. The molecule has 1 amide bonds. The Labute approximate surface area is 167 Å². The number of aromatic nitrogens is 4. The summed E-state index contributed by atoms with van der Waals surface area (Å²) in [5.41, 5.74) is 9.46. The number of hydrogen-bond acceptors (Lipinski definition) is 6. The van der Waals surface area contributed by atoms with E-state index < -0.39 is 0 Å². The summed E-state index contributed by atoms with van der Waals surface area (Å²) in [7, 11) is 0. The molecule has 0 radical (unpaired) electrons. The van der Waals surface area contributed by atoms with Gasteiger partial charge < -0.3 is 16.4 Å². The Morgan fingerprint density at radius 3 is 2.76 bits per heavy atom. The SMILES string of the molecule is CCNC(=O)c1cccc(Nc2nc3ccccn3c2-c2cc(N)nc(C)n2)c1. The van der Waals surface area contributed by atoms with Crippen molar-refractivity contribution in [2.24, 2.45) is 0 Å². The van der Waals surface area contributed by atoms with Crippen LogP contribution in [0.1, 0.15) is 23.1 Å². The Morgan fingerprint density at radius 1 is 1.10 bits per heavy atom. The van der Waals surface area contributed by atoms with Crippen molar-refractivity contribution in [2.45, 2.75) is 13.8 Å². The molecule has 4 aromatic rings. The lowest BCUT2D eigenvalue weighted by molar-refractivity contribution is 0.0956. The Morgan fingerprint density at radius 2 is 1.97 bits per heavy atom. The number of nitrogens with one attached hydrogen (secondary N) is 2. The Hall–Kier alpha value is -3.94. The first-order valence-corrected chi connectivity index (χ1v) is 9.29. The van der Waals surface area contributed by atoms with Crippen molar-refractivity contribution in [2.75, 3.05) is 17.6 Å². The average molecular weight is 387 g/mol. The standard InChI is InChI=1S/C21H21N7O/c1-3-23-21(29)14-7-6-8-15(11-14)26-20-19(16-12-17(22)25-13(2)24-16)28-10-5-4-9-18(28)27-20/h4-12,26H,3H2,1-2H3,(H,23,29)(H2,22,24,25). The largest absolute Gasteiger partial charge is 0.384 e. The maximum Gasteiger partial charge on any atom is 0.251 e. The van der Waals surface area contributed by atoms with Crippen LogP contribution in [0.3, 0.4) is 0 Å². The van der Waals surface area contributed by atoms with E-state index in [-0.39, 0.29) is 5.91 Å². The number of imidazole rings is 1. The molecule has 3 aromatic heterocycles. The number of anilines is 3. The third-order valence-corrected chi connectivity index (χ3v) is 4.36. The second kappa shape index (κ2) is 7.59. The number of rotatable bonds is 5. The van der Waals surface area contributed by atoms with Crippen LogP contribution in [0, 0.1) is 6.92 Å². The van der Waals surface area contributed by atoms with Gasteiger partial charge in [0.2, 0.25) is 0 Å². The number of nitrogens with two attached hydrogens (primary N) is 1. The van der Waals surface area contributed by atoms with Crippen LogP contribution in [0.25, 0.3) is 17.0 Å². The molecule has 4 rings (SSSR count). The first-order valence-electron chi connectivity index (χ1n) is 9.29. The topological polar surface area (TPSA) is 110 Å². The summed E-state index contributed by atoms with van der Waals surface area (Å²) < 4.78 is 1.94. The maximum absolute atomic E-state index is 12.2. The number of nitrogens with zero attached hydrogens (tertiary/aromatic N) is 4. The molecule has 8 nitrogen and oxygen atoms in total. The van der Waals surface area contributed by atoms with Gasteiger partial charge in [-0.05, 0) is 44.2 Å². The highest BCUT2D eigenvalue weighted by atomic mass is 16.1.